The van der Waals surface area contributed by atoms with E-state index in [2.05, 4.69) is 41.7 Å². The van der Waals surface area contributed by atoms with Gasteiger partial charge in [-0.1, -0.05) is 30.3 Å². The van der Waals surface area contributed by atoms with Crippen LogP contribution in [0.5, 0.6) is 5.75 Å². The third kappa shape index (κ3) is 2.28. The van der Waals surface area contributed by atoms with Crippen molar-refractivity contribution >= 4 is 21.7 Å². The minimum atomic E-state index is 0.280. The molecule has 1 aromatic heterocycles. The van der Waals surface area contributed by atoms with Gasteiger partial charge in [-0.05, 0) is 65.2 Å². The average Bonchev–Trinajstić information content (AvgIpc) is 2.67. The molecule has 3 heteroatoms. The largest absolute Gasteiger partial charge is 0.508 e. The number of nitrogens with one attached hydrogen (secondary N) is 1. The molecule has 0 bridgehead atoms. The molecule has 0 atom stereocenters. The maximum absolute atomic E-state index is 9.60. The molecule has 5 rings (SSSR count). The normalized spacial score (nSPS) is 13.9. The molecule has 0 spiro atoms. The Morgan fingerprint density at radius 3 is 2.60 bits per heavy atom. The Hall–Kier alpha value is -2.91. The summed E-state index contributed by atoms with van der Waals surface area (Å²) in [6, 6.07) is 20.2. The molecule has 0 fully saturated rings. The van der Waals surface area contributed by atoms with E-state index in [1.807, 2.05) is 12.1 Å². The average molecular weight is 326 g/mol. The van der Waals surface area contributed by atoms with E-state index in [-0.39, 0.29) is 5.75 Å². The Morgan fingerprint density at radius 1 is 0.880 bits per heavy atom. The van der Waals surface area contributed by atoms with E-state index >= 15 is 0 Å². The van der Waals surface area contributed by atoms with Gasteiger partial charge in [-0.15, -0.1) is 0 Å². The van der Waals surface area contributed by atoms with E-state index in [0.29, 0.717) is 0 Å². The minimum absolute atomic E-state index is 0.280. The standard InChI is InChI=1S/C22H18N2O/c25-16-8-5-15(6-9-16)22-19-13-23-12-11-18(19)21-17-4-2-1-3-14(17)7-10-20(21)24-22/h1-10,23,25H,11-13H2. The first-order chi connectivity index (χ1) is 12.3. The van der Waals surface area contributed by atoms with Gasteiger partial charge in [0.05, 0.1) is 11.2 Å². The Labute approximate surface area is 146 Å². The van der Waals surface area contributed by atoms with Gasteiger partial charge in [-0.2, -0.15) is 0 Å². The second kappa shape index (κ2) is 5.57. The lowest BCUT2D eigenvalue weighted by Crippen LogP contribution is -2.25. The summed E-state index contributed by atoms with van der Waals surface area (Å²) in [4.78, 5) is 5.02. The molecule has 4 aromatic rings. The summed E-state index contributed by atoms with van der Waals surface area (Å²) in [7, 11) is 0. The summed E-state index contributed by atoms with van der Waals surface area (Å²) >= 11 is 0. The number of fused-ring (bicyclic) bond motifs is 5. The number of aromatic hydroxyl groups is 1. The lowest BCUT2D eigenvalue weighted by atomic mass is 9.90. The van der Waals surface area contributed by atoms with Crippen molar-refractivity contribution < 1.29 is 5.11 Å². The second-order valence-corrected chi connectivity index (χ2v) is 6.57. The van der Waals surface area contributed by atoms with Crippen LogP contribution in [0.2, 0.25) is 0 Å². The van der Waals surface area contributed by atoms with Crippen molar-refractivity contribution in [1.29, 1.82) is 0 Å². The lowest BCUT2D eigenvalue weighted by molar-refractivity contribution is 0.475. The summed E-state index contributed by atoms with van der Waals surface area (Å²) in [6.07, 6.45) is 1.01. The van der Waals surface area contributed by atoms with Crippen LogP contribution in [0.3, 0.4) is 0 Å². The quantitative estimate of drug-likeness (QED) is 0.509. The van der Waals surface area contributed by atoms with Crippen LogP contribution < -0.4 is 5.32 Å². The van der Waals surface area contributed by atoms with E-state index in [4.69, 9.17) is 4.98 Å². The first kappa shape index (κ1) is 14.4. The second-order valence-electron chi connectivity index (χ2n) is 6.57. The molecule has 122 valence electrons. The monoisotopic (exact) mass is 326 g/mol. The van der Waals surface area contributed by atoms with E-state index < -0.39 is 0 Å². The van der Waals surface area contributed by atoms with Gasteiger partial charge in [-0.3, -0.25) is 0 Å². The third-order valence-corrected chi connectivity index (χ3v) is 5.09. The third-order valence-electron chi connectivity index (χ3n) is 5.09. The molecule has 2 N–H and O–H groups in total. The molecule has 25 heavy (non-hydrogen) atoms. The molecule has 0 amide bonds. The molecule has 0 saturated heterocycles. The van der Waals surface area contributed by atoms with Crippen LogP contribution in [-0.2, 0) is 13.0 Å². The van der Waals surface area contributed by atoms with Crippen molar-refractivity contribution in [3.05, 3.63) is 71.8 Å². The number of hydrogen-bond donors (Lipinski definition) is 2. The fourth-order valence-corrected chi connectivity index (χ4v) is 3.90. The molecule has 0 radical (unpaired) electrons. The van der Waals surface area contributed by atoms with Crippen molar-refractivity contribution in [2.24, 2.45) is 0 Å². The highest BCUT2D eigenvalue weighted by Gasteiger charge is 2.20. The van der Waals surface area contributed by atoms with Crippen molar-refractivity contribution in [1.82, 2.24) is 10.3 Å². The van der Waals surface area contributed by atoms with E-state index in [0.717, 1.165) is 36.3 Å². The van der Waals surface area contributed by atoms with Crippen molar-refractivity contribution in [3.8, 4) is 17.0 Å². The summed E-state index contributed by atoms with van der Waals surface area (Å²) in [5.41, 5.74) is 5.80. The minimum Gasteiger partial charge on any atom is -0.508 e. The fraction of sp³-hybridized carbons (Fsp3) is 0.136. The van der Waals surface area contributed by atoms with Gasteiger partial charge >= 0.3 is 0 Å². The van der Waals surface area contributed by atoms with Crippen LogP contribution in [0.25, 0.3) is 32.9 Å². The Bertz CT molecular complexity index is 1100. The first-order valence-corrected chi connectivity index (χ1v) is 8.64. The van der Waals surface area contributed by atoms with Crippen LogP contribution in [0, 0.1) is 0 Å². The van der Waals surface area contributed by atoms with Gasteiger partial charge in [0.15, 0.2) is 0 Å². The summed E-state index contributed by atoms with van der Waals surface area (Å²) < 4.78 is 0. The van der Waals surface area contributed by atoms with Crippen LogP contribution in [0.15, 0.2) is 60.7 Å². The zero-order valence-corrected chi connectivity index (χ0v) is 13.8. The molecular formula is C22H18N2O. The SMILES string of the molecule is Oc1ccc(-c2nc3ccc4ccccc4c3c3c2CNCC3)cc1. The molecule has 1 aliphatic rings. The van der Waals surface area contributed by atoms with Gasteiger partial charge < -0.3 is 10.4 Å². The van der Waals surface area contributed by atoms with Gasteiger partial charge in [0.2, 0.25) is 0 Å². The number of hydrogen-bond acceptors (Lipinski definition) is 3. The van der Waals surface area contributed by atoms with Crippen LogP contribution >= 0.6 is 0 Å². The van der Waals surface area contributed by atoms with Gasteiger partial charge in [0, 0.05) is 17.5 Å². The predicted octanol–water partition coefficient (Wildman–Crippen LogP) is 4.41. The van der Waals surface area contributed by atoms with Crippen LogP contribution in [0.4, 0.5) is 0 Å². The van der Waals surface area contributed by atoms with E-state index in [1.54, 1.807) is 12.1 Å². The molecule has 3 aromatic carbocycles. The number of nitrogens with zero attached hydrogens (tertiary/aromatic N) is 1. The Kier molecular flexibility index (Phi) is 3.22. The molecule has 1 aliphatic heterocycles. The number of pyridine rings is 1. The smallest absolute Gasteiger partial charge is 0.115 e. The van der Waals surface area contributed by atoms with Crippen LogP contribution in [-0.4, -0.2) is 16.6 Å². The summed E-state index contributed by atoms with van der Waals surface area (Å²) in [5.74, 6) is 0.280. The maximum atomic E-state index is 9.60. The zero-order chi connectivity index (χ0) is 16.8. The number of phenolic OH excluding ortho intramolecular Hbond substituents is 1. The van der Waals surface area contributed by atoms with E-state index in [9.17, 15) is 5.11 Å². The highest BCUT2D eigenvalue weighted by atomic mass is 16.3. The van der Waals surface area contributed by atoms with E-state index in [1.165, 1.54) is 27.3 Å². The molecule has 0 unspecified atom stereocenters. The van der Waals surface area contributed by atoms with Gasteiger partial charge in [-0.25, -0.2) is 4.98 Å². The molecule has 3 nitrogen and oxygen atoms in total. The number of rotatable bonds is 1. The van der Waals surface area contributed by atoms with Gasteiger partial charge in [0.25, 0.3) is 0 Å². The maximum Gasteiger partial charge on any atom is 0.115 e. The Morgan fingerprint density at radius 2 is 1.72 bits per heavy atom. The molecule has 2 heterocycles. The summed E-state index contributed by atoms with van der Waals surface area (Å²) in [5, 5.41) is 16.9. The topological polar surface area (TPSA) is 45.2 Å². The fourth-order valence-electron chi connectivity index (χ4n) is 3.90. The number of benzene rings is 3. The van der Waals surface area contributed by atoms with Crippen LogP contribution in [0.1, 0.15) is 11.1 Å². The number of phenols is 1. The highest BCUT2D eigenvalue weighted by Crippen LogP contribution is 2.36. The predicted molar refractivity (Wildman–Crippen MR) is 102 cm³/mol. The molecule has 0 saturated carbocycles. The van der Waals surface area contributed by atoms with Gasteiger partial charge in [0.1, 0.15) is 5.75 Å². The Balaban J connectivity index is 1.89. The van der Waals surface area contributed by atoms with Crippen molar-refractivity contribution in [3.63, 3.8) is 0 Å². The number of aromatic nitrogens is 1. The zero-order valence-electron chi connectivity index (χ0n) is 13.8. The highest BCUT2D eigenvalue weighted by molar-refractivity contribution is 6.09. The lowest BCUT2D eigenvalue weighted by Gasteiger charge is -2.23. The first-order valence-electron chi connectivity index (χ1n) is 8.64. The van der Waals surface area contributed by atoms with Crippen molar-refractivity contribution in [2.45, 2.75) is 13.0 Å². The molecular weight excluding hydrogens is 308 g/mol. The van der Waals surface area contributed by atoms with Crippen molar-refractivity contribution in [2.75, 3.05) is 6.54 Å². The summed E-state index contributed by atoms with van der Waals surface area (Å²) in [6.45, 7) is 1.82. The molecule has 0 aliphatic carbocycles.